The van der Waals surface area contributed by atoms with Crippen LogP contribution in [0.5, 0.6) is 0 Å². The first-order chi connectivity index (χ1) is 13.0. The van der Waals surface area contributed by atoms with Crippen LogP contribution in [0.3, 0.4) is 0 Å². The molecule has 1 saturated heterocycles. The zero-order valence-corrected chi connectivity index (χ0v) is 16.6. The van der Waals surface area contributed by atoms with E-state index in [0.29, 0.717) is 30.0 Å². The summed E-state index contributed by atoms with van der Waals surface area (Å²) in [7, 11) is 0. The average molecular weight is 390 g/mol. The van der Waals surface area contributed by atoms with E-state index in [9.17, 15) is 8.78 Å². The van der Waals surface area contributed by atoms with Crippen molar-refractivity contribution in [2.45, 2.75) is 44.5 Å². The molecule has 2 atom stereocenters. The van der Waals surface area contributed by atoms with E-state index in [1.54, 1.807) is 18.9 Å². The van der Waals surface area contributed by atoms with E-state index in [4.69, 9.17) is 4.74 Å². The van der Waals surface area contributed by atoms with E-state index in [-0.39, 0.29) is 11.3 Å². The standard InChI is InChI=1S/C22H25F2NOS/c1-4-26-16(3)19-13-20(23)18(12-21(19)24)14-25-15(2)10-11-22(27-25)17-8-6-5-7-9-17/h5-9,12-13,15,22H,3-4,10-11,14H2,1-2H3/t15-,22+/m0/s1. The molecular formula is C22H25F2NOS. The summed E-state index contributed by atoms with van der Waals surface area (Å²) in [6.07, 6.45) is 2.10. The van der Waals surface area contributed by atoms with Gasteiger partial charge < -0.3 is 4.74 Å². The second-order valence-electron chi connectivity index (χ2n) is 6.79. The number of benzene rings is 2. The van der Waals surface area contributed by atoms with Crippen LogP contribution >= 0.6 is 11.9 Å². The van der Waals surface area contributed by atoms with Gasteiger partial charge in [-0.3, -0.25) is 0 Å². The number of ether oxygens (including phenoxy) is 1. The highest BCUT2D eigenvalue weighted by Crippen LogP contribution is 2.43. The average Bonchev–Trinajstić information content (AvgIpc) is 2.67. The topological polar surface area (TPSA) is 12.5 Å². The summed E-state index contributed by atoms with van der Waals surface area (Å²) in [4.78, 5) is 0. The second kappa shape index (κ2) is 8.89. The van der Waals surface area contributed by atoms with Crippen LogP contribution in [0.2, 0.25) is 0 Å². The van der Waals surface area contributed by atoms with Crippen molar-refractivity contribution in [1.82, 2.24) is 4.31 Å². The molecule has 27 heavy (non-hydrogen) atoms. The van der Waals surface area contributed by atoms with Crippen molar-refractivity contribution < 1.29 is 13.5 Å². The molecule has 5 heteroatoms. The Morgan fingerprint density at radius 1 is 1.19 bits per heavy atom. The van der Waals surface area contributed by atoms with Gasteiger partial charge in [-0.05, 0) is 44.4 Å². The lowest BCUT2D eigenvalue weighted by Crippen LogP contribution is -2.32. The van der Waals surface area contributed by atoms with Gasteiger partial charge >= 0.3 is 0 Å². The lowest BCUT2D eigenvalue weighted by atomic mass is 10.0. The highest BCUT2D eigenvalue weighted by Gasteiger charge is 2.28. The van der Waals surface area contributed by atoms with Gasteiger partial charge in [0, 0.05) is 23.4 Å². The van der Waals surface area contributed by atoms with Crippen molar-refractivity contribution >= 4 is 17.7 Å². The second-order valence-corrected chi connectivity index (χ2v) is 8.03. The molecule has 3 rings (SSSR count). The van der Waals surface area contributed by atoms with Crippen LogP contribution in [-0.2, 0) is 11.3 Å². The first-order valence-corrected chi connectivity index (χ1v) is 10.1. The minimum atomic E-state index is -0.501. The number of hydrogen-bond acceptors (Lipinski definition) is 3. The highest BCUT2D eigenvalue weighted by atomic mass is 32.2. The Hall–Kier alpha value is -1.85. The third-order valence-corrected chi connectivity index (χ3v) is 6.38. The fraction of sp³-hybridized carbons (Fsp3) is 0.364. The summed E-state index contributed by atoms with van der Waals surface area (Å²) in [5.41, 5.74) is 1.71. The van der Waals surface area contributed by atoms with Crippen molar-refractivity contribution in [2.75, 3.05) is 6.61 Å². The van der Waals surface area contributed by atoms with Crippen molar-refractivity contribution in [1.29, 1.82) is 0 Å². The van der Waals surface area contributed by atoms with Crippen LogP contribution in [-0.4, -0.2) is 17.0 Å². The first kappa shape index (κ1) is 19.9. The Kier molecular flexibility index (Phi) is 6.55. The van der Waals surface area contributed by atoms with Gasteiger partial charge in [0.05, 0.1) is 12.2 Å². The summed E-state index contributed by atoms with van der Waals surface area (Å²) in [5.74, 6) is -0.772. The lowest BCUT2D eigenvalue weighted by Gasteiger charge is -2.37. The van der Waals surface area contributed by atoms with Crippen LogP contribution in [0.25, 0.3) is 5.76 Å². The Morgan fingerprint density at radius 2 is 1.93 bits per heavy atom. The molecule has 2 nitrogen and oxygen atoms in total. The minimum absolute atomic E-state index is 0.0830. The van der Waals surface area contributed by atoms with Crippen LogP contribution < -0.4 is 0 Å². The monoisotopic (exact) mass is 389 g/mol. The molecule has 1 aliphatic heterocycles. The van der Waals surface area contributed by atoms with E-state index < -0.39 is 11.6 Å². The van der Waals surface area contributed by atoms with Gasteiger partial charge in [-0.25, -0.2) is 13.1 Å². The predicted octanol–water partition coefficient (Wildman–Crippen LogP) is 6.35. The minimum Gasteiger partial charge on any atom is -0.494 e. The Balaban J connectivity index is 1.77. The van der Waals surface area contributed by atoms with Crippen LogP contribution in [0.1, 0.15) is 48.6 Å². The summed E-state index contributed by atoms with van der Waals surface area (Å²) in [5, 5.41) is 0.340. The van der Waals surface area contributed by atoms with Gasteiger partial charge in [0.15, 0.2) is 0 Å². The maximum atomic E-state index is 14.6. The smallest absolute Gasteiger partial charge is 0.134 e. The quantitative estimate of drug-likeness (QED) is 0.422. The van der Waals surface area contributed by atoms with Crippen molar-refractivity contribution in [3.8, 4) is 0 Å². The van der Waals surface area contributed by atoms with Gasteiger partial charge in [-0.15, -0.1) is 0 Å². The molecule has 0 aliphatic carbocycles. The molecule has 0 unspecified atom stereocenters. The fourth-order valence-corrected chi connectivity index (χ4v) is 4.66. The Bertz CT molecular complexity index is 796. The van der Waals surface area contributed by atoms with Gasteiger partial charge in [0.1, 0.15) is 17.4 Å². The molecule has 0 radical (unpaired) electrons. The largest absolute Gasteiger partial charge is 0.494 e. The van der Waals surface area contributed by atoms with E-state index in [1.165, 1.54) is 17.7 Å². The zero-order chi connectivity index (χ0) is 19.4. The van der Waals surface area contributed by atoms with E-state index in [0.717, 1.165) is 12.8 Å². The van der Waals surface area contributed by atoms with E-state index >= 15 is 0 Å². The van der Waals surface area contributed by atoms with E-state index in [1.807, 2.05) is 18.2 Å². The molecule has 0 aromatic heterocycles. The first-order valence-electron chi connectivity index (χ1n) is 9.28. The summed E-state index contributed by atoms with van der Waals surface area (Å²) < 4.78 is 36.5. The molecule has 1 aliphatic rings. The highest BCUT2D eigenvalue weighted by molar-refractivity contribution is 7.97. The number of halogens is 2. The molecule has 144 valence electrons. The number of nitrogens with zero attached hydrogens (tertiary/aromatic N) is 1. The third-order valence-electron chi connectivity index (χ3n) is 4.85. The predicted molar refractivity (Wildman–Crippen MR) is 108 cm³/mol. The lowest BCUT2D eigenvalue weighted by molar-refractivity contribution is 0.296. The number of rotatable bonds is 6. The SMILES string of the molecule is C=C(OCC)c1cc(F)c(CN2S[C@@H](c3ccccc3)CC[C@@H]2C)cc1F. The maximum Gasteiger partial charge on any atom is 0.134 e. The third kappa shape index (κ3) is 4.71. The van der Waals surface area contributed by atoms with Crippen LogP contribution in [0, 0.1) is 11.6 Å². The molecule has 2 aromatic carbocycles. The fourth-order valence-electron chi connectivity index (χ4n) is 3.29. The molecule has 0 N–H and O–H groups in total. The maximum absolute atomic E-state index is 14.6. The molecule has 0 bridgehead atoms. The summed E-state index contributed by atoms with van der Waals surface area (Å²) >= 11 is 1.72. The van der Waals surface area contributed by atoms with Gasteiger partial charge in [-0.2, -0.15) is 0 Å². The molecule has 0 amide bonds. The molecule has 1 fully saturated rings. The molecule has 0 spiro atoms. The van der Waals surface area contributed by atoms with E-state index in [2.05, 4.69) is 29.9 Å². The summed E-state index contributed by atoms with van der Waals surface area (Å²) in [6, 6.07) is 13.1. The zero-order valence-electron chi connectivity index (χ0n) is 15.8. The molecular weight excluding hydrogens is 364 g/mol. The van der Waals surface area contributed by atoms with Crippen LogP contribution in [0.4, 0.5) is 8.78 Å². The van der Waals surface area contributed by atoms with Gasteiger partial charge in [-0.1, -0.05) is 48.9 Å². The van der Waals surface area contributed by atoms with Crippen molar-refractivity contribution in [3.63, 3.8) is 0 Å². The van der Waals surface area contributed by atoms with Crippen LogP contribution in [0.15, 0.2) is 49.0 Å². The summed E-state index contributed by atoms with van der Waals surface area (Å²) in [6.45, 7) is 8.32. The van der Waals surface area contributed by atoms with Gasteiger partial charge in [0.2, 0.25) is 0 Å². The molecule has 2 aromatic rings. The number of hydrogen-bond donors (Lipinski definition) is 0. The molecule has 0 saturated carbocycles. The molecule has 1 heterocycles. The van der Waals surface area contributed by atoms with Gasteiger partial charge in [0.25, 0.3) is 0 Å². The van der Waals surface area contributed by atoms with Crippen molar-refractivity contribution in [3.05, 3.63) is 77.4 Å². The normalized spacial score (nSPS) is 20.4. The Morgan fingerprint density at radius 3 is 2.63 bits per heavy atom. The van der Waals surface area contributed by atoms with Crippen molar-refractivity contribution in [2.24, 2.45) is 0 Å². The Labute approximate surface area is 164 Å².